The van der Waals surface area contributed by atoms with Crippen molar-refractivity contribution in [2.24, 2.45) is 0 Å². The molecule has 0 aromatic carbocycles. The summed E-state index contributed by atoms with van der Waals surface area (Å²) in [6.45, 7) is 3.06. The van der Waals surface area contributed by atoms with Crippen LogP contribution in [0.25, 0.3) is 0 Å². The van der Waals surface area contributed by atoms with Crippen LogP contribution in [0.1, 0.15) is 12.5 Å². The fraction of sp³-hybridized carbons (Fsp3) is 0.583. The van der Waals surface area contributed by atoms with Crippen molar-refractivity contribution in [3.8, 4) is 0 Å². The summed E-state index contributed by atoms with van der Waals surface area (Å²) in [5.41, 5.74) is 1.22. The number of rotatable bonds is 6. The number of hydrogen-bond donors (Lipinski definition) is 1. The molecule has 96 valence electrons. The van der Waals surface area contributed by atoms with Crippen LogP contribution in [-0.2, 0) is 6.54 Å². The van der Waals surface area contributed by atoms with Gasteiger partial charge in [-0.15, -0.1) is 0 Å². The first kappa shape index (κ1) is 14.8. The molecule has 0 bridgehead atoms. The van der Waals surface area contributed by atoms with Crippen LogP contribution in [0.5, 0.6) is 0 Å². The minimum atomic E-state index is 0.481. The van der Waals surface area contributed by atoms with Gasteiger partial charge in [0.1, 0.15) is 5.82 Å². The van der Waals surface area contributed by atoms with E-state index >= 15 is 0 Å². The van der Waals surface area contributed by atoms with Crippen LogP contribution in [-0.4, -0.2) is 37.1 Å². The molecular formula is C12H20BrN3S. The van der Waals surface area contributed by atoms with E-state index in [4.69, 9.17) is 0 Å². The van der Waals surface area contributed by atoms with Gasteiger partial charge in [-0.2, -0.15) is 11.8 Å². The largest absolute Gasteiger partial charge is 0.356 e. The van der Waals surface area contributed by atoms with Crippen molar-refractivity contribution in [3.63, 3.8) is 0 Å². The van der Waals surface area contributed by atoms with E-state index in [1.54, 1.807) is 0 Å². The Morgan fingerprint density at radius 2 is 2.29 bits per heavy atom. The number of pyridine rings is 1. The Morgan fingerprint density at radius 1 is 1.59 bits per heavy atom. The van der Waals surface area contributed by atoms with Crippen molar-refractivity contribution in [3.05, 3.63) is 22.3 Å². The van der Waals surface area contributed by atoms with Gasteiger partial charge in [-0.3, -0.25) is 0 Å². The van der Waals surface area contributed by atoms with Gasteiger partial charge in [0.15, 0.2) is 0 Å². The second kappa shape index (κ2) is 7.24. The van der Waals surface area contributed by atoms with Gasteiger partial charge in [0.2, 0.25) is 0 Å². The lowest BCUT2D eigenvalue weighted by Crippen LogP contribution is -2.32. The fourth-order valence-corrected chi connectivity index (χ4v) is 2.76. The summed E-state index contributed by atoms with van der Waals surface area (Å²) in [7, 11) is 4.06. The normalized spacial score (nSPS) is 12.5. The first-order chi connectivity index (χ1) is 8.10. The monoisotopic (exact) mass is 317 g/mol. The van der Waals surface area contributed by atoms with Crippen LogP contribution < -0.4 is 10.2 Å². The number of anilines is 1. The molecule has 1 rings (SSSR count). The van der Waals surface area contributed by atoms with Crippen LogP contribution in [0.4, 0.5) is 5.82 Å². The van der Waals surface area contributed by atoms with Crippen LogP contribution in [0.3, 0.4) is 0 Å². The molecule has 0 aliphatic rings. The average molecular weight is 318 g/mol. The lowest BCUT2D eigenvalue weighted by molar-refractivity contribution is 0.734. The fourth-order valence-electron chi connectivity index (χ4n) is 1.67. The Morgan fingerprint density at radius 3 is 2.88 bits per heavy atom. The Hall–Kier alpha value is -0.260. The van der Waals surface area contributed by atoms with Crippen molar-refractivity contribution >= 4 is 33.5 Å². The SMILES string of the molecule is CNCc1cc(Br)cnc1N(C)C(C)CSC. The highest BCUT2D eigenvalue weighted by Crippen LogP contribution is 2.22. The van der Waals surface area contributed by atoms with Gasteiger partial charge in [0.05, 0.1) is 0 Å². The summed E-state index contributed by atoms with van der Waals surface area (Å²) in [6.07, 6.45) is 3.99. The Bertz CT molecular complexity index is 360. The minimum absolute atomic E-state index is 0.481. The van der Waals surface area contributed by atoms with E-state index in [9.17, 15) is 0 Å². The molecule has 5 heteroatoms. The van der Waals surface area contributed by atoms with Crippen molar-refractivity contribution in [2.45, 2.75) is 19.5 Å². The summed E-state index contributed by atoms with van der Waals surface area (Å²) in [5, 5.41) is 3.18. The molecule has 0 saturated carbocycles. The predicted molar refractivity (Wildman–Crippen MR) is 80.9 cm³/mol. The topological polar surface area (TPSA) is 28.2 Å². The summed E-state index contributed by atoms with van der Waals surface area (Å²) in [5.74, 6) is 2.16. The summed E-state index contributed by atoms with van der Waals surface area (Å²) in [4.78, 5) is 6.78. The maximum Gasteiger partial charge on any atom is 0.133 e. The molecule has 17 heavy (non-hydrogen) atoms. The third kappa shape index (κ3) is 4.16. The van der Waals surface area contributed by atoms with E-state index in [-0.39, 0.29) is 0 Å². The van der Waals surface area contributed by atoms with E-state index in [1.807, 2.05) is 25.0 Å². The average Bonchev–Trinajstić information content (AvgIpc) is 2.29. The molecule has 0 saturated heterocycles. The van der Waals surface area contributed by atoms with E-state index in [0.29, 0.717) is 6.04 Å². The zero-order chi connectivity index (χ0) is 12.8. The van der Waals surface area contributed by atoms with Gasteiger partial charge in [-0.1, -0.05) is 0 Å². The molecule has 1 heterocycles. The van der Waals surface area contributed by atoms with Crippen LogP contribution in [0, 0.1) is 0 Å². The van der Waals surface area contributed by atoms with Gasteiger partial charge in [0, 0.05) is 41.6 Å². The number of thioether (sulfide) groups is 1. The van der Waals surface area contributed by atoms with E-state index in [2.05, 4.69) is 57.4 Å². The predicted octanol–water partition coefficient (Wildman–Crippen LogP) is 2.75. The summed E-state index contributed by atoms with van der Waals surface area (Å²) < 4.78 is 1.03. The molecule has 0 aliphatic heterocycles. The highest BCUT2D eigenvalue weighted by Gasteiger charge is 2.14. The number of halogens is 1. The van der Waals surface area contributed by atoms with E-state index in [1.165, 1.54) is 5.56 Å². The third-order valence-corrected chi connectivity index (χ3v) is 3.93. The zero-order valence-electron chi connectivity index (χ0n) is 10.8. The molecule has 0 amide bonds. The van der Waals surface area contributed by atoms with Gasteiger partial charge >= 0.3 is 0 Å². The molecule has 1 atom stereocenters. The lowest BCUT2D eigenvalue weighted by atomic mass is 10.2. The second-order valence-electron chi connectivity index (χ2n) is 4.08. The maximum absolute atomic E-state index is 4.53. The Labute approximate surface area is 117 Å². The molecule has 3 nitrogen and oxygen atoms in total. The Balaban J connectivity index is 2.94. The highest BCUT2D eigenvalue weighted by molar-refractivity contribution is 9.10. The van der Waals surface area contributed by atoms with Crippen molar-refractivity contribution < 1.29 is 0 Å². The molecule has 1 N–H and O–H groups in total. The molecule has 0 aliphatic carbocycles. The lowest BCUT2D eigenvalue weighted by Gasteiger charge is -2.27. The van der Waals surface area contributed by atoms with Gasteiger partial charge in [-0.05, 0) is 42.2 Å². The van der Waals surface area contributed by atoms with Gasteiger partial charge in [0.25, 0.3) is 0 Å². The quantitative estimate of drug-likeness (QED) is 0.873. The number of aromatic nitrogens is 1. The standard InChI is InChI=1S/C12H20BrN3S/c1-9(8-17-4)16(3)12-10(6-14-2)5-11(13)7-15-12/h5,7,9,14H,6,8H2,1-4H3. The summed E-state index contributed by atoms with van der Waals surface area (Å²) >= 11 is 5.33. The zero-order valence-corrected chi connectivity index (χ0v) is 13.2. The van der Waals surface area contributed by atoms with Gasteiger partial charge < -0.3 is 10.2 Å². The molecule has 1 aromatic heterocycles. The Kier molecular flexibility index (Phi) is 6.30. The van der Waals surface area contributed by atoms with E-state index < -0.39 is 0 Å². The van der Waals surface area contributed by atoms with E-state index in [0.717, 1.165) is 22.6 Å². The number of nitrogens with one attached hydrogen (secondary N) is 1. The molecule has 0 fully saturated rings. The minimum Gasteiger partial charge on any atom is -0.356 e. The molecule has 0 radical (unpaired) electrons. The van der Waals surface area contributed by atoms with Gasteiger partial charge in [-0.25, -0.2) is 4.98 Å². The highest BCUT2D eigenvalue weighted by atomic mass is 79.9. The smallest absolute Gasteiger partial charge is 0.133 e. The maximum atomic E-state index is 4.53. The molecule has 0 spiro atoms. The van der Waals surface area contributed by atoms with Crippen molar-refractivity contribution in [2.75, 3.05) is 31.0 Å². The first-order valence-corrected chi connectivity index (χ1v) is 7.79. The molecular weight excluding hydrogens is 298 g/mol. The second-order valence-corrected chi connectivity index (χ2v) is 5.91. The number of hydrogen-bond acceptors (Lipinski definition) is 4. The van der Waals surface area contributed by atoms with Crippen LogP contribution >= 0.6 is 27.7 Å². The first-order valence-electron chi connectivity index (χ1n) is 5.61. The van der Waals surface area contributed by atoms with Crippen LogP contribution in [0.2, 0.25) is 0 Å². The molecule has 1 unspecified atom stereocenters. The molecule has 1 aromatic rings. The summed E-state index contributed by atoms with van der Waals surface area (Å²) in [6, 6.07) is 2.61. The van der Waals surface area contributed by atoms with Crippen molar-refractivity contribution in [1.29, 1.82) is 0 Å². The third-order valence-electron chi connectivity index (χ3n) is 2.68. The van der Waals surface area contributed by atoms with Crippen LogP contribution in [0.15, 0.2) is 16.7 Å². The number of nitrogens with zero attached hydrogens (tertiary/aromatic N) is 2. The van der Waals surface area contributed by atoms with Crippen molar-refractivity contribution in [1.82, 2.24) is 10.3 Å².